The number of hydrogen-bond acceptors (Lipinski definition) is 4. The number of benzene rings is 1. The molecule has 0 amide bonds. The average Bonchev–Trinajstić information content (AvgIpc) is 2.87. The largest absolute Gasteiger partial charge is 0.305 e. The van der Waals surface area contributed by atoms with E-state index in [-0.39, 0.29) is 11.8 Å². The van der Waals surface area contributed by atoms with E-state index >= 15 is 0 Å². The summed E-state index contributed by atoms with van der Waals surface area (Å²) < 4.78 is 23.1. The van der Waals surface area contributed by atoms with Gasteiger partial charge >= 0.3 is 0 Å². The zero-order chi connectivity index (χ0) is 13.7. The molecule has 19 heavy (non-hydrogen) atoms. The number of hydrogen-bond donors (Lipinski definition) is 1. The monoisotopic (exact) mass is 295 g/mol. The molecule has 102 valence electrons. The second kappa shape index (κ2) is 6.32. The molecule has 0 saturated heterocycles. The van der Waals surface area contributed by atoms with Crippen LogP contribution in [0.25, 0.3) is 0 Å². The van der Waals surface area contributed by atoms with E-state index in [1.165, 1.54) is 11.8 Å². The molecule has 0 aliphatic rings. The van der Waals surface area contributed by atoms with Gasteiger partial charge in [0.1, 0.15) is 9.84 Å². The van der Waals surface area contributed by atoms with Gasteiger partial charge in [0, 0.05) is 18.8 Å². The third kappa shape index (κ3) is 4.78. The van der Waals surface area contributed by atoms with Crippen LogP contribution < -0.4 is 5.32 Å². The van der Waals surface area contributed by atoms with Gasteiger partial charge in [-0.15, -0.1) is 0 Å². The molecule has 2 rings (SSSR count). The normalized spacial score (nSPS) is 13.3. The van der Waals surface area contributed by atoms with Crippen LogP contribution in [-0.2, 0) is 16.4 Å². The maximum Gasteiger partial charge on any atom is 0.149 e. The third-order valence-electron chi connectivity index (χ3n) is 2.80. The van der Waals surface area contributed by atoms with Crippen LogP contribution >= 0.6 is 11.3 Å². The Labute approximate surface area is 118 Å². The fourth-order valence-corrected chi connectivity index (χ4v) is 3.48. The summed E-state index contributed by atoms with van der Waals surface area (Å²) in [6.07, 6.45) is 1.27. The molecule has 0 fully saturated rings. The average molecular weight is 295 g/mol. The van der Waals surface area contributed by atoms with Crippen molar-refractivity contribution in [3.63, 3.8) is 0 Å². The second-order valence-corrected chi connectivity index (χ2v) is 7.53. The minimum absolute atomic E-state index is 0.112. The lowest BCUT2D eigenvalue weighted by Crippen LogP contribution is -2.27. The van der Waals surface area contributed by atoms with E-state index < -0.39 is 9.84 Å². The van der Waals surface area contributed by atoms with E-state index in [1.54, 1.807) is 11.3 Å². The van der Waals surface area contributed by atoms with E-state index in [4.69, 9.17) is 0 Å². The molecule has 1 N–H and O–H groups in total. The van der Waals surface area contributed by atoms with Crippen LogP contribution in [-0.4, -0.2) is 20.4 Å². The fraction of sp³-hybridized carbons (Fsp3) is 0.286. The summed E-state index contributed by atoms with van der Waals surface area (Å²) >= 11 is 1.64. The molecule has 0 spiro atoms. The lowest BCUT2D eigenvalue weighted by atomic mass is 10.1. The Morgan fingerprint density at radius 2 is 1.95 bits per heavy atom. The minimum Gasteiger partial charge on any atom is -0.305 e. The Morgan fingerprint density at radius 1 is 1.21 bits per heavy atom. The molecule has 0 aliphatic heterocycles. The van der Waals surface area contributed by atoms with Gasteiger partial charge < -0.3 is 5.32 Å². The first-order chi connectivity index (χ1) is 9.04. The van der Waals surface area contributed by atoms with Gasteiger partial charge in [0.15, 0.2) is 0 Å². The van der Waals surface area contributed by atoms with Crippen LogP contribution in [0.4, 0.5) is 0 Å². The summed E-state index contributed by atoms with van der Waals surface area (Å²) in [6, 6.07) is 11.6. The molecule has 5 heteroatoms. The molecule has 1 aromatic carbocycles. The van der Waals surface area contributed by atoms with E-state index in [1.807, 2.05) is 41.8 Å². The Kier molecular flexibility index (Phi) is 4.74. The zero-order valence-corrected chi connectivity index (χ0v) is 12.4. The van der Waals surface area contributed by atoms with Crippen LogP contribution in [0.1, 0.15) is 17.2 Å². The summed E-state index contributed by atoms with van der Waals surface area (Å²) in [5, 5.41) is 7.41. The van der Waals surface area contributed by atoms with Crippen LogP contribution in [0.5, 0.6) is 0 Å². The highest BCUT2D eigenvalue weighted by Crippen LogP contribution is 2.16. The summed E-state index contributed by atoms with van der Waals surface area (Å²) in [7, 11) is -3.02. The summed E-state index contributed by atoms with van der Waals surface area (Å²) in [5.41, 5.74) is 2.18. The standard InChI is InChI=1S/C14H17NO2S2/c1-19(16,17)11-14(13-5-3-2-4-6-13)15-9-12-7-8-18-10-12/h2-8,10,14-15H,9,11H2,1H3/t14-/m1/s1. The summed E-state index contributed by atoms with van der Waals surface area (Å²) in [5.74, 6) is 0.112. The molecule has 2 aromatic rings. The molecule has 1 heterocycles. The van der Waals surface area contributed by atoms with Crippen molar-refractivity contribution in [1.82, 2.24) is 5.32 Å². The van der Waals surface area contributed by atoms with Crippen molar-refractivity contribution in [3.05, 3.63) is 58.3 Å². The van der Waals surface area contributed by atoms with Gasteiger partial charge in [-0.25, -0.2) is 8.42 Å². The topological polar surface area (TPSA) is 46.2 Å². The first kappa shape index (κ1) is 14.2. The van der Waals surface area contributed by atoms with Gasteiger partial charge in [-0.2, -0.15) is 11.3 Å². The number of nitrogens with one attached hydrogen (secondary N) is 1. The Hall–Kier alpha value is -1.17. The maximum atomic E-state index is 11.5. The summed E-state index contributed by atoms with van der Waals surface area (Å²) in [4.78, 5) is 0. The predicted molar refractivity (Wildman–Crippen MR) is 80.1 cm³/mol. The van der Waals surface area contributed by atoms with Crippen molar-refractivity contribution < 1.29 is 8.42 Å². The van der Waals surface area contributed by atoms with Gasteiger partial charge in [-0.05, 0) is 28.0 Å². The van der Waals surface area contributed by atoms with Gasteiger partial charge in [0.25, 0.3) is 0 Å². The Morgan fingerprint density at radius 3 is 2.53 bits per heavy atom. The van der Waals surface area contributed by atoms with Crippen molar-refractivity contribution in [1.29, 1.82) is 0 Å². The molecule has 1 aromatic heterocycles. The van der Waals surface area contributed by atoms with E-state index in [2.05, 4.69) is 10.7 Å². The number of rotatable bonds is 6. The van der Waals surface area contributed by atoms with E-state index in [9.17, 15) is 8.42 Å². The SMILES string of the molecule is CS(=O)(=O)C[C@@H](NCc1ccsc1)c1ccccc1. The molecule has 0 unspecified atom stereocenters. The van der Waals surface area contributed by atoms with Crippen molar-refractivity contribution in [2.24, 2.45) is 0 Å². The number of sulfone groups is 1. The Bertz CT molecular complexity index is 592. The maximum absolute atomic E-state index is 11.5. The van der Waals surface area contributed by atoms with E-state index in [0.29, 0.717) is 6.54 Å². The van der Waals surface area contributed by atoms with Gasteiger partial charge in [-0.3, -0.25) is 0 Å². The minimum atomic E-state index is -3.02. The highest BCUT2D eigenvalue weighted by molar-refractivity contribution is 7.90. The molecular weight excluding hydrogens is 278 g/mol. The molecule has 1 atom stereocenters. The number of thiophene rings is 1. The smallest absolute Gasteiger partial charge is 0.149 e. The lowest BCUT2D eigenvalue weighted by Gasteiger charge is -2.18. The van der Waals surface area contributed by atoms with Crippen molar-refractivity contribution in [2.75, 3.05) is 12.0 Å². The molecule has 0 saturated carbocycles. The van der Waals surface area contributed by atoms with Gasteiger partial charge in [0.05, 0.1) is 5.75 Å². The molecule has 3 nitrogen and oxygen atoms in total. The fourth-order valence-electron chi connectivity index (χ4n) is 1.90. The first-order valence-electron chi connectivity index (χ1n) is 6.02. The predicted octanol–water partition coefficient (Wildman–Crippen LogP) is 2.62. The second-order valence-electron chi connectivity index (χ2n) is 4.57. The molecule has 0 aliphatic carbocycles. The van der Waals surface area contributed by atoms with Crippen LogP contribution in [0.15, 0.2) is 47.2 Å². The van der Waals surface area contributed by atoms with Crippen molar-refractivity contribution in [2.45, 2.75) is 12.6 Å². The molecular formula is C14H17NO2S2. The van der Waals surface area contributed by atoms with Crippen LogP contribution in [0, 0.1) is 0 Å². The lowest BCUT2D eigenvalue weighted by molar-refractivity contribution is 0.551. The Balaban J connectivity index is 2.10. The van der Waals surface area contributed by atoms with E-state index in [0.717, 1.165) is 5.56 Å². The first-order valence-corrected chi connectivity index (χ1v) is 9.02. The van der Waals surface area contributed by atoms with Crippen LogP contribution in [0.2, 0.25) is 0 Å². The molecule has 0 bridgehead atoms. The molecule has 0 radical (unpaired) electrons. The summed E-state index contributed by atoms with van der Waals surface area (Å²) in [6.45, 7) is 0.679. The van der Waals surface area contributed by atoms with Crippen LogP contribution in [0.3, 0.4) is 0 Å². The third-order valence-corrected chi connectivity index (χ3v) is 4.47. The quantitative estimate of drug-likeness (QED) is 0.891. The highest BCUT2D eigenvalue weighted by atomic mass is 32.2. The highest BCUT2D eigenvalue weighted by Gasteiger charge is 2.16. The van der Waals surface area contributed by atoms with Gasteiger partial charge in [0.2, 0.25) is 0 Å². The van der Waals surface area contributed by atoms with Crippen molar-refractivity contribution in [3.8, 4) is 0 Å². The van der Waals surface area contributed by atoms with Crippen molar-refractivity contribution >= 4 is 21.2 Å². The van der Waals surface area contributed by atoms with Gasteiger partial charge in [-0.1, -0.05) is 30.3 Å². The zero-order valence-electron chi connectivity index (χ0n) is 10.7.